The van der Waals surface area contributed by atoms with E-state index in [1.807, 2.05) is 0 Å². The van der Waals surface area contributed by atoms with Crippen molar-refractivity contribution < 1.29 is 9.72 Å². The average molecular weight is 368 g/mol. The molecule has 1 fully saturated rings. The molecular weight excluding hydrogens is 344 g/mol. The molecule has 1 saturated heterocycles. The third kappa shape index (κ3) is 4.83. The number of nitrogens with zero attached hydrogens (tertiary/aromatic N) is 3. The van der Waals surface area contributed by atoms with Crippen molar-refractivity contribution >= 4 is 23.0 Å². The lowest BCUT2D eigenvalue weighted by Crippen LogP contribution is -2.53. The van der Waals surface area contributed by atoms with Gasteiger partial charge in [-0.2, -0.15) is 0 Å². The van der Waals surface area contributed by atoms with Crippen LogP contribution in [-0.4, -0.2) is 48.0 Å². The van der Waals surface area contributed by atoms with Crippen LogP contribution in [0.5, 0.6) is 0 Å². The molecule has 2 aromatic rings. The third-order valence-electron chi connectivity index (χ3n) is 4.81. The number of amides is 1. The molecule has 0 saturated carbocycles. The predicted molar refractivity (Wildman–Crippen MR) is 106 cm³/mol. The van der Waals surface area contributed by atoms with Gasteiger partial charge < -0.3 is 10.2 Å². The fraction of sp³-hybridized carbons (Fsp3) is 0.350. The Morgan fingerprint density at radius 1 is 1.15 bits per heavy atom. The highest BCUT2D eigenvalue weighted by Crippen LogP contribution is 2.21. The molecule has 1 aliphatic rings. The monoisotopic (exact) mass is 368 g/mol. The van der Waals surface area contributed by atoms with Gasteiger partial charge in [0.15, 0.2) is 0 Å². The van der Waals surface area contributed by atoms with E-state index in [2.05, 4.69) is 53.2 Å². The van der Waals surface area contributed by atoms with E-state index < -0.39 is 4.92 Å². The number of nitro benzene ring substituents is 1. The van der Waals surface area contributed by atoms with Gasteiger partial charge in [0.25, 0.3) is 5.69 Å². The Morgan fingerprint density at radius 3 is 2.41 bits per heavy atom. The zero-order chi connectivity index (χ0) is 19.4. The van der Waals surface area contributed by atoms with E-state index in [4.69, 9.17) is 0 Å². The van der Waals surface area contributed by atoms with E-state index in [9.17, 15) is 14.9 Å². The summed E-state index contributed by atoms with van der Waals surface area (Å²) in [5.41, 5.74) is 3.03. The molecule has 27 heavy (non-hydrogen) atoms. The number of piperazine rings is 1. The zero-order valence-electron chi connectivity index (χ0n) is 15.6. The van der Waals surface area contributed by atoms with Gasteiger partial charge in [-0.25, -0.2) is 0 Å². The van der Waals surface area contributed by atoms with Gasteiger partial charge in [-0.3, -0.25) is 19.8 Å². The van der Waals surface area contributed by atoms with Crippen LogP contribution in [0.1, 0.15) is 12.5 Å². The van der Waals surface area contributed by atoms with Crippen LogP contribution < -0.4 is 10.2 Å². The fourth-order valence-electron chi connectivity index (χ4n) is 3.37. The summed E-state index contributed by atoms with van der Waals surface area (Å²) in [5, 5.41) is 13.5. The van der Waals surface area contributed by atoms with Crippen molar-refractivity contribution in [1.29, 1.82) is 0 Å². The summed E-state index contributed by atoms with van der Waals surface area (Å²) >= 11 is 0. The topological polar surface area (TPSA) is 78.7 Å². The molecule has 0 aromatic heterocycles. The van der Waals surface area contributed by atoms with Crippen molar-refractivity contribution in [2.24, 2.45) is 0 Å². The molecule has 2 aromatic carbocycles. The van der Waals surface area contributed by atoms with Crippen LogP contribution in [0.2, 0.25) is 0 Å². The Hall–Kier alpha value is -2.93. The summed E-state index contributed by atoms with van der Waals surface area (Å²) in [6.07, 6.45) is 0. The second-order valence-electron chi connectivity index (χ2n) is 6.97. The highest BCUT2D eigenvalue weighted by molar-refractivity contribution is 5.92. The van der Waals surface area contributed by atoms with Crippen LogP contribution in [0.3, 0.4) is 0 Å². The second kappa shape index (κ2) is 8.18. The van der Waals surface area contributed by atoms with Gasteiger partial charge in [0, 0.05) is 49.2 Å². The molecule has 0 spiro atoms. The Kier molecular flexibility index (Phi) is 5.71. The van der Waals surface area contributed by atoms with Crippen molar-refractivity contribution in [1.82, 2.24) is 4.90 Å². The maximum absolute atomic E-state index is 12.3. The molecule has 1 aliphatic heterocycles. The molecule has 7 heteroatoms. The minimum Gasteiger partial charge on any atom is -0.366 e. The summed E-state index contributed by atoms with van der Waals surface area (Å²) in [6, 6.07) is 14.7. The standard InChI is InChI=1S/C20H24N4O3/c1-15-3-7-18(8-4-15)23-12-11-22(13-16(23)2)14-20(25)21-17-5-9-19(10-6-17)24(26)27/h3-10,16H,11-14H2,1-2H3,(H,21,25). The minimum absolute atomic E-state index is 0.00838. The van der Waals surface area contributed by atoms with Gasteiger partial charge in [-0.15, -0.1) is 0 Å². The summed E-state index contributed by atoms with van der Waals surface area (Å²) in [6.45, 7) is 7.04. The van der Waals surface area contributed by atoms with Gasteiger partial charge in [0.05, 0.1) is 11.5 Å². The molecule has 1 amide bonds. The summed E-state index contributed by atoms with van der Waals surface area (Å²) in [4.78, 5) is 27.0. The first-order valence-electron chi connectivity index (χ1n) is 9.02. The van der Waals surface area contributed by atoms with Crippen LogP contribution >= 0.6 is 0 Å². The van der Waals surface area contributed by atoms with Gasteiger partial charge in [0.2, 0.25) is 5.91 Å². The summed E-state index contributed by atoms with van der Waals surface area (Å²) in [5.74, 6) is -0.111. The number of carbonyl (C=O) groups excluding carboxylic acids is 1. The maximum Gasteiger partial charge on any atom is 0.269 e. The summed E-state index contributed by atoms with van der Waals surface area (Å²) in [7, 11) is 0. The highest BCUT2D eigenvalue weighted by atomic mass is 16.6. The first-order valence-corrected chi connectivity index (χ1v) is 9.02. The number of nitrogens with one attached hydrogen (secondary N) is 1. The molecule has 7 nitrogen and oxygen atoms in total. The molecule has 1 N–H and O–H groups in total. The van der Waals surface area contributed by atoms with Crippen molar-refractivity contribution in [3.8, 4) is 0 Å². The van der Waals surface area contributed by atoms with E-state index in [-0.39, 0.29) is 11.6 Å². The van der Waals surface area contributed by atoms with Gasteiger partial charge >= 0.3 is 0 Å². The van der Waals surface area contributed by atoms with Crippen LogP contribution in [0.4, 0.5) is 17.1 Å². The predicted octanol–water partition coefficient (Wildman–Crippen LogP) is 3.05. The van der Waals surface area contributed by atoms with Crippen molar-refractivity contribution in [2.75, 3.05) is 36.4 Å². The van der Waals surface area contributed by atoms with Crippen molar-refractivity contribution in [2.45, 2.75) is 19.9 Å². The van der Waals surface area contributed by atoms with Crippen molar-refractivity contribution in [3.05, 3.63) is 64.2 Å². The van der Waals surface area contributed by atoms with Crippen molar-refractivity contribution in [3.63, 3.8) is 0 Å². The molecule has 0 radical (unpaired) electrons. The van der Waals surface area contributed by atoms with E-state index in [1.165, 1.54) is 23.4 Å². The lowest BCUT2D eigenvalue weighted by molar-refractivity contribution is -0.384. The average Bonchev–Trinajstić information content (AvgIpc) is 2.63. The number of hydrogen-bond donors (Lipinski definition) is 1. The molecule has 3 rings (SSSR count). The number of nitro groups is 1. The van der Waals surface area contributed by atoms with E-state index in [0.717, 1.165) is 19.6 Å². The lowest BCUT2D eigenvalue weighted by atomic mass is 10.1. The first-order chi connectivity index (χ1) is 12.9. The molecule has 0 bridgehead atoms. The quantitative estimate of drug-likeness (QED) is 0.648. The Labute approximate surface area is 158 Å². The smallest absolute Gasteiger partial charge is 0.269 e. The first kappa shape index (κ1) is 18.8. The number of rotatable bonds is 5. The zero-order valence-corrected chi connectivity index (χ0v) is 15.6. The van der Waals surface area contributed by atoms with Gasteiger partial charge in [-0.1, -0.05) is 17.7 Å². The van der Waals surface area contributed by atoms with E-state index in [0.29, 0.717) is 18.3 Å². The number of hydrogen-bond acceptors (Lipinski definition) is 5. The number of non-ortho nitro benzene ring substituents is 1. The Bertz CT molecular complexity index is 805. The number of carbonyl (C=O) groups is 1. The fourth-order valence-corrected chi connectivity index (χ4v) is 3.37. The minimum atomic E-state index is -0.458. The highest BCUT2D eigenvalue weighted by Gasteiger charge is 2.25. The Balaban J connectivity index is 1.52. The molecule has 1 unspecified atom stereocenters. The lowest BCUT2D eigenvalue weighted by Gasteiger charge is -2.41. The molecule has 1 atom stereocenters. The van der Waals surface area contributed by atoms with E-state index in [1.54, 1.807) is 12.1 Å². The summed E-state index contributed by atoms with van der Waals surface area (Å²) < 4.78 is 0. The molecular formula is C20H24N4O3. The molecule has 142 valence electrons. The largest absolute Gasteiger partial charge is 0.366 e. The third-order valence-corrected chi connectivity index (χ3v) is 4.81. The molecule has 0 aliphatic carbocycles. The van der Waals surface area contributed by atoms with Crippen LogP contribution in [0.15, 0.2) is 48.5 Å². The van der Waals surface area contributed by atoms with Gasteiger partial charge in [-0.05, 0) is 38.1 Å². The maximum atomic E-state index is 12.3. The van der Waals surface area contributed by atoms with E-state index >= 15 is 0 Å². The van der Waals surface area contributed by atoms with Crippen LogP contribution in [-0.2, 0) is 4.79 Å². The second-order valence-corrected chi connectivity index (χ2v) is 6.97. The van der Waals surface area contributed by atoms with Gasteiger partial charge in [0.1, 0.15) is 0 Å². The number of anilines is 2. The number of aryl methyl sites for hydroxylation is 1. The molecule has 1 heterocycles. The van der Waals surface area contributed by atoms with Crippen LogP contribution in [0.25, 0.3) is 0 Å². The SMILES string of the molecule is Cc1ccc(N2CCN(CC(=O)Nc3ccc([N+](=O)[O-])cc3)CC2C)cc1. The number of benzene rings is 2. The van der Waals surface area contributed by atoms with Crippen LogP contribution in [0, 0.1) is 17.0 Å². The normalized spacial score (nSPS) is 17.6. The Morgan fingerprint density at radius 2 is 1.81 bits per heavy atom.